The number of ether oxygens (including phenoxy) is 1. The first-order valence-electron chi connectivity index (χ1n) is 7.79. The lowest BCUT2D eigenvalue weighted by atomic mass is 10.1. The predicted octanol–water partition coefficient (Wildman–Crippen LogP) is 3.07. The molecule has 0 saturated heterocycles. The molecule has 2 aromatic carbocycles. The number of anilines is 1. The summed E-state index contributed by atoms with van der Waals surface area (Å²) in [4.78, 5) is 24.1. The van der Waals surface area contributed by atoms with Crippen molar-refractivity contribution >= 4 is 17.5 Å². The van der Waals surface area contributed by atoms with Crippen molar-refractivity contribution in [3.8, 4) is 5.75 Å². The summed E-state index contributed by atoms with van der Waals surface area (Å²) in [5.41, 5.74) is 3.40. The highest BCUT2D eigenvalue weighted by Gasteiger charge is 2.09. The zero-order valence-corrected chi connectivity index (χ0v) is 14.2. The van der Waals surface area contributed by atoms with Gasteiger partial charge in [0.05, 0.1) is 7.11 Å². The summed E-state index contributed by atoms with van der Waals surface area (Å²) in [5, 5.41) is 5.61. The maximum absolute atomic E-state index is 12.1. The minimum absolute atomic E-state index is 0.130. The molecule has 126 valence electrons. The van der Waals surface area contributed by atoms with Gasteiger partial charge in [-0.05, 0) is 49.2 Å². The first-order valence-corrected chi connectivity index (χ1v) is 7.79. The quantitative estimate of drug-likeness (QED) is 0.857. The van der Waals surface area contributed by atoms with E-state index in [1.165, 1.54) is 0 Å². The molecule has 0 fully saturated rings. The fraction of sp³-hybridized carbons (Fsp3) is 0.263. The Bertz CT molecular complexity index is 741. The van der Waals surface area contributed by atoms with Gasteiger partial charge in [0.1, 0.15) is 5.75 Å². The molecule has 0 aliphatic carbocycles. The van der Waals surface area contributed by atoms with Crippen molar-refractivity contribution in [2.24, 2.45) is 0 Å². The minimum Gasteiger partial charge on any atom is -0.497 e. The zero-order chi connectivity index (χ0) is 17.5. The maximum Gasteiger partial charge on any atom is 0.251 e. The fourth-order valence-electron chi connectivity index (χ4n) is 2.24. The molecule has 0 aromatic heterocycles. The van der Waals surface area contributed by atoms with Gasteiger partial charge in [0.15, 0.2) is 0 Å². The van der Waals surface area contributed by atoms with Crippen LogP contribution in [0.25, 0.3) is 0 Å². The third-order valence-electron chi connectivity index (χ3n) is 3.64. The molecule has 2 N–H and O–H groups in total. The maximum atomic E-state index is 12.1. The monoisotopic (exact) mass is 326 g/mol. The van der Waals surface area contributed by atoms with E-state index < -0.39 is 0 Å². The number of hydrogen-bond donors (Lipinski definition) is 2. The molecule has 0 radical (unpaired) electrons. The first-order chi connectivity index (χ1) is 11.5. The SMILES string of the molecule is COc1cccc(C(=O)NCCC(=O)Nc2cc(C)ccc2C)c1. The van der Waals surface area contributed by atoms with Gasteiger partial charge in [-0.15, -0.1) is 0 Å². The lowest BCUT2D eigenvalue weighted by Gasteiger charge is -2.10. The van der Waals surface area contributed by atoms with Crippen LogP contribution in [0.3, 0.4) is 0 Å². The molecule has 0 spiro atoms. The summed E-state index contributed by atoms with van der Waals surface area (Å²) in [6.45, 7) is 4.19. The molecule has 5 heteroatoms. The van der Waals surface area contributed by atoms with Crippen LogP contribution in [0.15, 0.2) is 42.5 Å². The Hall–Kier alpha value is -2.82. The second-order valence-electron chi connectivity index (χ2n) is 5.60. The molecule has 0 aliphatic rings. The Morgan fingerprint density at radius 1 is 1.08 bits per heavy atom. The smallest absolute Gasteiger partial charge is 0.251 e. The van der Waals surface area contributed by atoms with Gasteiger partial charge in [-0.25, -0.2) is 0 Å². The van der Waals surface area contributed by atoms with E-state index in [9.17, 15) is 9.59 Å². The van der Waals surface area contributed by atoms with Crippen LogP contribution >= 0.6 is 0 Å². The minimum atomic E-state index is -0.228. The number of methoxy groups -OCH3 is 1. The highest BCUT2D eigenvalue weighted by molar-refractivity contribution is 5.95. The largest absolute Gasteiger partial charge is 0.497 e. The highest BCUT2D eigenvalue weighted by Crippen LogP contribution is 2.16. The number of amides is 2. The Kier molecular flexibility index (Phi) is 5.95. The van der Waals surface area contributed by atoms with Crippen LogP contribution in [0.4, 0.5) is 5.69 Å². The molecule has 2 aromatic rings. The molecule has 2 amide bonds. The van der Waals surface area contributed by atoms with Gasteiger partial charge in [-0.3, -0.25) is 9.59 Å². The van der Waals surface area contributed by atoms with E-state index in [0.29, 0.717) is 11.3 Å². The summed E-state index contributed by atoms with van der Waals surface area (Å²) in [6, 6.07) is 12.8. The van der Waals surface area contributed by atoms with Crippen molar-refractivity contribution in [1.82, 2.24) is 5.32 Å². The summed E-state index contributed by atoms with van der Waals surface area (Å²) in [7, 11) is 1.55. The average molecular weight is 326 g/mol. The molecule has 0 heterocycles. The van der Waals surface area contributed by atoms with Crippen molar-refractivity contribution < 1.29 is 14.3 Å². The molecule has 0 unspecified atom stereocenters. The van der Waals surface area contributed by atoms with Gasteiger partial charge < -0.3 is 15.4 Å². The van der Waals surface area contributed by atoms with Gasteiger partial charge in [0, 0.05) is 24.2 Å². The lowest BCUT2D eigenvalue weighted by Crippen LogP contribution is -2.27. The topological polar surface area (TPSA) is 67.4 Å². The molecule has 5 nitrogen and oxygen atoms in total. The molecular formula is C19H22N2O3. The van der Waals surface area contributed by atoms with Gasteiger partial charge >= 0.3 is 0 Å². The third kappa shape index (κ3) is 4.84. The number of aryl methyl sites for hydroxylation is 2. The van der Waals surface area contributed by atoms with E-state index >= 15 is 0 Å². The van der Waals surface area contributed by atoms with Crippen LogP contribution in [0.1, 0.15) is 27.9 Å². The number of rotatable bonds is 6. The van der Waals surface area contributed by atoms with E-state index in [1.54, 1.807) is 31.4 Å². The summed E-state index contributed by atoms with van der Waals surface area (Å²) in [6.07, 6.45) is 0.211. The Morgan fingerprint density at radius 3 is 2.62 bits per heavy atom. The van der Waals surface area contributed by atoms with Gasteiger partial charge in [-0.1, -0.05) is 18.2 Å². The average Bonchev–Trinajstić information content (AvgIpc) is 2.58. The fourth-order valence-corrected chi connectivity index (χ4v) is 2.24. The van der Waals surface area contributed by atoms with Crippen LogP contribution < -0.4 is 15.4 Å². The molecule has 0 atom stereocenters. The standard InChI is InChI=1S/C19H22N2O3/c1-13-7-8-14(2)17(11-13)21-18(22)9-10-20-19(23)15-5-4-6-16(12-15)24-3/h4-8,11-12H,9-10H2,1-3H3,(H,20,23)(H,21,22). The normalized spacial score (nSPS) is 10.1. The lowest BCUT2D eigenvalue weighted by molar-refractivity contribution is -0.116. The number of carbonyl (C=O) groups excluding carboxylic acids is 2. The van der Waals surface area contributed by atoms with Crippen molar-refractivity contribution in [3.63, 3.8) is 0 Å². The second kappa shape index (κ2) is 8.15. The van der Waals surface area contributed by atoms with E-state index in [2.05, 4.69) is 10.6 Å². The molecule has 2 rings (SSSR count). The third-order valence-corrected chi connectivity index (χ3v) is 3.64. The number of benzene rings is 2. The van der Waals surface area contributed by atoms with Gasteiger partial charge in [-0.2, -0.15) is 0 Å². The van der Waals surface area contributed by atoms with Crippen molar-refractivity contribution in [2.45, 2.75) is 20.3 Å². The second-order valence-corrected chi connectivity index (χ2v) is 5.60. The molecule has 24 heavy (non-hydrogen) atoms. The van der Waals surface area contributed by atoms with Gasteiger partial charge in [0.2, 0.25) is 5.91 Å². The first kappa shape index (κ1) is 17.5. The Balaban J connectivity index is 1.83. The molecule has 0 bridgehead atoms. The van der Waals surface area contributed by atoms with Crippen LogP contribution in [0.2, 0.25) is 0 Å². The summed E-state index contributed by atoms with van der Waals surface area (Å²) < 4.78 is 5.09. The number of hydrogen-bond acceptors (Lipinski definition) is 3. The highest BCUT2D eigenvalue weighted by atomic mass is 16.5. The van der Waals surface area contributed by atoms with Crippen LogP contribution in [-0.2, 0) is 4.79 Å². The summed E-state index contributed by atoms with van der Waals surface area (Å²) >= 11 is 0. The van der Waals surface area contributed by atoms with Crippen molar-refractivity contribution in [2.75, 3.05) is 19.0 Å². The van der Waals surface area contributed by atoms with E-state index in [-0.39, 0.29) is 24.8 Å². The zero-order valence-electron chi connectivity index (χ0n) is 14.2. The number of carbonyl (C=O) groups is 2. The molecule has 0 aliphatic heterocycles. The van der Waals surface area contributed by atoms with Crippen LogP contribution in [0, 0.1) is 13.8 Å². The molecule has 0 saturated carbocycles. The Labute approximate surface area is 142 Å². The van der Waals surface area contributed by atoms with Crippen LogP contribution in [-0.4, -0.2) is 25.5 Å². The van der Waals surface area contributed by atoms with E-state index in [1.807, 2.05) is 32.0 Å². The predicted molar refractivity (Wildman–Crippen MR) is 94.5 cm³/mol. The summed E-state index contributed by atoms with van der Waals surface area (Å²) in [5.74, 6) is 0.262. The number of nitrogens with one attached hydrogen (secondary N) is 2. The molecular weight excluding hydrogens is 304 g/mol. The van der Waals surface area contributed by atoms with E-state index in [4.69, 9.17) is 4.74 Å². The van der Waals surface area contributed by atoms with E-state index in [0.717, 1.165) is 16.8 Å². The van der Waals surface area contributed by atoms with Crippen molar-refractivity contribution in [3.05, 3.63) is 59.2 Å². The van der Waals surface area contributed by atoms with Crippen LogP contribution in [0.5, 0.6) is 5.75 Å². The van der Waals surface area contributed by atoms with Crippen molar-refractivity contribution in [1.29, 1.82) is 0 Å². The Morgan fingerprint density at radius 2 is 1.88 bits per heavy atom. The van der Waals surface area contributed by atoms with Gasteiger partial charge in [0.25, 0.3) is 5.91 Å².